The summed E-state index contributed by atoms with van der Waals surface area (Å²) in [7, 11) is 1.69. The molecule has 2 aromatic carbocycles. The molecule has 1 fully saturated rings. The SMILES string of the molecule is CCOc1ccc(C(=O)N2CCC(n3c(=O)c4cc(C)ccc4n(C)c3=O)CC2)cc1OCC. The summed E-state index contributed by atoms with van der Waals surface area (Å²) in [6.45, 7) is 7.61. The number of ether oxygens (including phenoxy) is 2. The van der Waals surface area contributed by atoms with E-state index in [2.05, 4.69) is 0 Å². The molecule has 1 amide bonds. The van der Waals surface area contributed by atoms with Crippen LogP contribution >= 0.6 is 0 Å². The molecular formula is C26H31N3O5. The zero-order valence-corrected chi connectivity index (χ0v) is 20.2. The summed E-state index contributed by atoms with van der Waals surface area (Å²) in [4.78, 5) is 41.2. The lowest BCUT2D eigenvalue weighted by Gasteiger charge is -2.33. The van der Waals surface area contributed by atoms with Crippen LogP contribution in [0.2, 0.25) is 0 Å². The Bertz CT molecular complexity index is 1330. The van der Waals surface area contributed by atoms with E-state index in [9.17, 15) is 14.4 Å². The van der Waals surface area contributed by atoms with Crippen molar-refractivity contribution in [2.24, 2.45) is 7.05 Å². The first kappa shape index (κ1) is 23.6. The van der Waals surface area contributed by atoms with Gasteiger partial charge >= 0.3 is 5.69 Å². The van der Waals surface area contributed by atoms with Crippen LogP contribution in [0.4, 0.5) is 0 Å². The van der Waals surface area contributed by atoms with E-state index in [0.29, 0.717) is 67.1 Å². The van der Waals surface area contributed by atoms with Crippen molar-refractivity contribution in [3.63, 3.8) is 0 Å². The predicted molar refractivity (Wildman–Crippen MR) is 131 cm³/mol. The van der Waals surface area contributed by atoms with E-state index in [0.717, 1.165) is 5.56 Å². The number of amides is 1. The molecule has 8 heteroatoms. The molecule has 1 aliphatic rings. The monoisotopic (exact) mass is 465 g/mol. The quantitative estimate of drug-likeness (QED) is 0.558. The first-order valence-corrected chi connectivity index (χ1v) is 11.8. The van der Waals surface area contributed by atoms with Crippen molar-refractivity contribution in [3.8, 4) is 11.5 Å². The number of nitrogens with zero attached hydrogens (tertiary/aromatic N) is 3. The Morgan fingerprint density at radius 2 is 1.65 bits per heavy atom. The summed E-state index contributed by atoms with van der Waals surface area (Å²) < 4.78 is 14.1. The number of benzene rings is 2. The predicted octanol–water partition coefficient (Wildman–Crippen LogP) is 3.28. The highest BCUT2D eigenvalue weighted by Crippen LogP contribution is 2.30. The number of aromatic nitrogens is 2. The Balaban J connectivity index is 1.56. The van der Waals surface area contributed by atoms with Gasteiger partial charge in [0.15, 0.2) is 11.5 Å². The van der Waals surface area contributed by atoms with Crippen molar-refractivity contribution in [1.29, 1.82) is 0 Å². The van der Waals surface area contributed by atoms with Crippen LogP contribution in [-0.4, -0.2) is 46.2 Å². The van der Waals surface area contributed by atoms with Crippen LogP contribution in [0.15, 0.2) is 46.0 Å². The summed E-state index contributed by atoms with van der Waals surface area (Å²) in [5, 5.41) is 0.540. The number of carbonyl (C=O) groups excluding carboxylic acids is 1. The van der Waals surface area contributed by atoms with Gasteiger partial charge in [0.05, 0.1) is 24.1 Å². The number of aryl methyl sites for hydroxylation is 2. The fourth-order valence-electron chi connectivity index (χ4n) is 4.61. The largest absolute Gasteiger partial charge is 0.490 e. The van der Waals surface area contributed by atoms with Crippen molar-refractivity contribution < 1.29 is 14.3 Å². The number of hydrogen-bond acceptors (Lipinski definition) is 5. The molecule has 2 heterocycles. The van der Waals surface area contributed by atoms with E-state index in [1.54, 1.807) is 30.1 Å². The van der Waals surface area contributed by atoms with Crippen LogP contribution in [0.25, 0.3) is 10.9 Å². The molecule has 1 aliphatic heterocycles. The number of likely N-dealkylation sites (tertiary alicyclic amines) is 1. The Labute approximate surface area is 198 Å². The summed E-state index contributed by atoms with van der Waals surface area (Å²) in [5.41, 5.74) is 1.54. The lowest BCUT2D eigenvalue weighted by atomic mass is 10.0. The average molecular weight is 466 g/mol. The second kappa shape index (κ2) is 9.75. The molecular weight excluding hydrogens is 434 g/mol. The van der Waals surface area contributed by atoms with Gasteiger partial charge in [0.25, 0.3) is 11.5 Å². The fourth-order valence-corrected chi connectivity index (χ4v) is 4.61. The molecule has 0 bridgehead atoms. The first-order valence-electron chi connectivity index (χ1n) is 11.8. The maximum absolute atomic E-state index is 13.2. The van der Waals surface area contributed by atoms with Gasteiger partial charge in [0, 0.05) is 31.7 Å². The Morgan fingerprint density at radius 1 is 0.971 bits per heavy atom. The molecule has 0 saturated carbocycles. The summed E-state index contributed by atoms with van der Waals surface area (Å²) in [6.07, 6.45) is 1.07. The molecule has 8 nitrogen and oxygen atoms in total. The van der Waals surface area contributed by atoms with Crippen LogP contribution in [0, 0.1) is 6.92 Å². The second-order valence-electron chi connectivity index (χ2n) is 8.59. The molecule has 1 aromatic heterocycles. The molecule has 0 spiro atoms. The van der Waals surface area contributed by atoms with Gasteiger partial charge in [-0.15, -0.1) is 0 Å². The fraction of sp³-hybridized carbons (Fsp3) is 0.423. The molecule has 0 aliphatic carbocycles. The molecule has 4 rings (SSSR count). The second-order valence-corrected chi connectivity index (χ2v) is 8.59. The van der Waals surface area contributed by atoms with Gasteiger partial charge in [-0.3, -0.25) is 18.7 Å². The highest BCUT2D eigenvalue weighted by molar-refractivity contribution is 5.95. The van der Waals surface area contributed by atoms with Gasteiger partial charge < -0.3 is 14.4 Å². The van der Waals surface area contributed by atoms with Crippen molar-refractivity contribution in [2.45, 2.75) is 39.7 Å². The Hall–Kier alpha value is -3.55. The Morgan fingerprint density at radius 3 is 2.32 bits per heavy atom. The lowest BCUT2D eigenvalue weighted by molar-refractivity contribution is 0.0691. The van der Waals surface area contributed by atoms with Crippen molar-refractivity contribution >= 4 is 16.8 Å². The van der Waals surface area contributed by atoms with Gasteiger partial charge in [-0.05, 0) is 63.9 Å². The molecule has 0 N–H and O–H groups in total. The highest BCUT2D eigenvalue weighted by Gasteiger charge is 2.28. The van der Waals surface area contributed by atoms with Crippen LogP contribution in [0.5, 0.6) is 11.5 Å². The summed E-state index contributed by atoms with van der Waals surface area (Å²) >= 11 is 0. The van der Waals surface area contributed by atoms with Crippen molar-refractivity contribution in [1.82, 2.24) is 14.0 Å². The zero-order chi connectivity index (χ0) is 24.4. The molecule has 1 saturated heterocycles. The molecule has 0 radical (unpaired) electrons. The third kappa shape index (κ3) is 4.32. The minimum Gasteiger partial charge on any atom is -0.490 e. The normalized spacial score (nSPS) is 14.4. The first-order chi connectivity index (χ1) is 16.3. The van der Waals surface area contributed by atoms with Crippen molar-refractivity contribution in [3.05, 3.63) is 68.4 Å². The van der Waals surface area contributed by atoms with Gasteiger partial charge in [-0.1, -0.05) is 11.6 Å². The van der Waals surface area contributed by atoms with Gasteiger partial charge in [-0.25, -0.2) is 4.79 Å². The van der Waals surface area contributed by atoms with Gasteiger partial charge in [-0.2, -0.15) is 0 Å². The minimum atomic E-state index is -0.320. The van der Waals surface area contributed by atoms with E-state index in [1.165, 1.54) is 9.13 Å². The lowest BCUT2D eigenvalue weighted by Crippen LogP contribution is -2.46. The Kier molecular flexibility index (Phi) is 6.77. The molecule has 3 aromatic rings. The maximum atomic E-state index is 13.2. The van der Waals surface area contributed by atoms with E-state index < -0.39 is 0 Å². The maximum Gasteiger partial charge on any atom is 0.331 e. The number of rotatable bonds is 6. The van der Waals surface area contributed by atoms with Crippen LogP contribution in [0.3, 0.4) is 0 Å². The van der Waals surface area contributed by atoms with Gasteiger partial charge in [0.1, 0.15) is 0 Å². The van der Waals surface area contributed by atoms with E-state index in [-0.39, 0.29) is 23.2 Å². The minimum absolute atomic E-state index is 0.100. The van der Waals surface area contributed by atoms with Crippen LogP contribution < -0.4 is 20.7 Å². The number of piperidine rings is 1. The third-order valence-electron chi connectivity index (χ3n) is 6.36. The van der Waals surface area contributed by atoms with Crippen molar-refractivity contribution in [2.75, 3.05) is 26.3 Å². The molecule has 0 unspecified atom stereocenters. The highest BCUT2D eigenvalue weighted by atomic mass is 16.5. The molecule has 0 atom stereocenters. The number of hydrogen-bond donors (Lipinski definition) is 0. The standard InChI is InChI=1S/C26H31N3O5/c1-5-33-22-10-8-18(16-23(22)34-6-2)24(30)28-13-11-19(12-14-28)29-25(31)20-15-17(3)7-9-21(20)27(4)26(29)32/h7-10,15-16,19H,5-6,11-14H2,1-4H3. The molecule has 34 heavy (non-hydrogen) atoms. The van der Waals surface area contributed by atoms with Gasteiger partial charge in [0.2, 0.25) is 0 Å². The summed E-state index contributed by atoms with van der Waals surface area (Å²) in [6, 6.07) is 10.5. The number of carbonyl (C=O) groups is 1. The molecule has 180 valence electrons. The van der Waals surface area contributed by atoms with Crippen LogP contribution in [0.1, 0.15) is 48.7 Å². The average Bonchev–Trinajstić information content (AvgIpc) is 2.84. The zero-order valence-electron chi connectivity index (χ0n) is 20.2. The van der Waals surface area contributed by atoms with E-state index in [1.807, 2.05) is 39.0 Å². The topological polar surface area (TPSA) is 82.8 Å². The third-order valence-corrected chi connectivity index (χ3v) is 6.36. The van der Waals surface area contributed by atoms with Crippen LogP contribution in [-0.2, 0) is 7.05 Å². The summed E-state index contributed by atoms with van der Waals surface area (Å²) in [5.74, 6) is 1.06. The van der Waals surface area contributed by atoms with E-state index >= 15 is 0 Å². The number of fused-ring (bicyclic) bond motifs is 1. The smallest absolute Gasteiger partial charge is 0.331 e. The van der Waals surface area contributed by atoms with E-state index in [4.69, 9.17) is 9.47 Å².